The number of ether oxygens (including phenoxy) is 1. The molecule has 0 aliphatic heterocycles. The number of ketones is 1. The Balaban J connectivity index is 2.51. The fourth-order valence-corrected chi connectivity index (χ4v) is 3.49. The van der Waals surface area contributed by atoms with Crippen LogP contribution in [0.4, 0.5) is 0 Å². The van der Waals surface area contributed by atoms with Crippen LogP contribution in [0.3, 0.4) is 0 Å². The van der Waals surface area contributed by atoms with E-state index in [0.29, 0.717) is 11.3 Å². The highest BCUT2D eigenvalue weighted by molar-refractivity contribution is 6.02. The summed E-state index contributed by atoms with van der Waals surface area (Å²) in [5.41, 5.74) is -1.46. The van der Waals surface area contributed by atoms with Gasteiger partial charge in [0.15, 0.2) is 5.78 Å². The number of aliphatic hydroxyl groups is 1. The number of carboxylic acid groups (broad SMARTS) is 2. The van der Waals surface area contributed by atoms with E-state index in [1.165, 1.54) is 6.92 Å². The molecule has 0 spiro atoms. The number of Topliss-reactive ketones (excluding diaryl/α,β-unsaturated/α-hetero) is 1. The molecule has 1 fully saturated rings. The molecule has 0 heterocycles. The Kier molecular flexibility index (Phi) is 5.17. The Morgan fingerprint density at radius 3 is 2.16 bits per heavy atom. The average molecular weight is 350 g/mol. The van der Waals surface area contributed by atoms with Gasteiger partial charge in [-0.2, -0.15) is 0 Å². The minimum atomic E-state index is -1.83. The molecule has 2 rings (SSSR count). The maximum absolute atomic E-state index is 12.3. The van der Waals surface area contributed by atoms with Crippen LogP contribution in [0.1, 0.15) is 38.7 Å². The molecule has 25 heavy (non-hydrogen) atoms. The molecule has 0 radical (unpaired) electrons. The van der Waals surface area contributed by atoms with Crippen molar-refractivity contribution in [2.24, 2.45) is 11.8 Å². The smallest absolute Gasteiger partial charge is 0.314 e. The average Bonchev–Trinajstić information content (AvgIpc) is 2.44. The lowest BCUT2D eigenvalue weighted by molar-refractivity contribution is -0.167. The molecule has 1 aliphatic carbocycles. The van der Waals surface area contributed by atoms with Gasteiger partial charge in [-0.3, -0.25) is 14.4 Å². The molecular formula is C18H22O7. The van der Waals surface area contributed by atoms with Gasteiger partial charge in [0.1, 0.15) is 11.7 Å². The zero-order valence-corrected chi connectivity index (χ0v) is 14.3. The fourth-order valence-electron chi connectivity index (χ4n) is 3.49. The lowest BCUT2D eigenvalue weighted by Gasteiger charge is -2.42. The normalized spacial score (nSPS) is 29.5. The van der Waals surface area contributed by atoms with Crippen LogP contribution >= 0.6 is 0 Å². The monoisotopic (exact) mass is 350 g/mol. The van der Waals surface area contributed by atoms with Crippen molar-refractivity contribution in [2.45, 2.75) is 44.8 Å². The summed E-state index contributed by atoms with van der Waals surface area (Å²) in [5.74, 6) is -6.95. The highest BCUT2D eigenvalue weighted by Crippen LogP contribution is 2.46. The SMILES string of the molecule is CC(C)Oc1ccc(C2C(C(=O)O)C(=O)CC(C)(O)C2C(=O)O)cc1. The third kappa shape index (κ3) is 3.82. The Morgan fingerprint density at radius 1 is 1.16 bits per heavy atom. The van der Waals surface area contributed by atoms with Crippen molar-refractivity contribution in [3.05, 3.63) is 29.8 Å². The molecule has 1 aromatic rings. The van der Waals surface area contributed by atoms with E-state index < -0.39 is 47.5 Å². The summed E-state index contributed by atoms with van der Waals surface area (Å²) in [4.78, 5) is 35.6. The van der Waals surface area contributed by atoms with Crippen LogP contribution in [-0.4, -0.2) is 44.7 Å². The van der Waals surface area contributed by atoms with E-state index >= 15 is 0 Å². The first-order valence-corrected chi connectivity index (χ1v) is 8.02. The number of carbonyl (C=O) groups is 3. The third-order valence-electron chi connectivity index (χ3n) is 4.44. The summed E-state index contributed by atoms with van der Waals surface area (Å²) in [6, 6.07) is 6.29. The highest BCUT2D eigenvalue weighted by atomic mass is 16.5. The largest absolute Gasteiger partial charge is 0.491 e. The topological polar surface area (TPSA) is 121 Å². The van der Waals surface area contributed by atoms with E-state index in [2.05, 4.69) is 0 Å². The third-order valence-corrected chi connectivity index (χ3v) is 4.44. The van der Waals surface area contributed by atoms with Crippen LogP contribution in [0, 0.1) is 11.8 Å². The van der Waals surface area contributed by atoms with Crippen LogP contribution < -0.4 is 4.74 Å². The highest BCUT2D eigenvalue weighted by Gasteiger charge is 2.56. The molecule has 0 aromatic heterocycles. The number of aliphatic carboxylic acids is 2. The molecule has 4 atom stereocenters. The van der Waals surface area contributed by atoms with E-state index in [9.17, 15) is 29.7 Å². The van der Waals surface area contributed by atoms with Crippen molar-refractivity contribution < 1.29 is 34.4 Å². The fraction of sp³-hybridized carbons (Fsp3) is 0.500. The summed E-state index contributed by atoms with van der Waals surface area (Å²) < 4.78 is 5.52. The van der Waals surface area contributed by atoms with Crippen molar-refractivity contribution in [3.8, 4) is 5.75 Å². The first-order valence-electron chi connectivity index (χ1n) is 8.02. The Labute approximate surface area is 145 Å². The molecule has 1 aromatic carbocycles. The van der Waals surface area contributed by atoms with Gasteiger partial charge in [0.25, 0.3) is 0 Å². The summed E-state index contributed by atoms with van der Waals surface area (Å²) in [7, 11) is 0. The maximum Gasteiger partial charge on any atom is 0.314 e. The standard InChI is InChI=1S/C18H22O7/c1-9(2)25-11-6-4-10(5-7-11)13-14(16(20)21)12(19)8-18(3,24)15(13)17(22)23/h4-7,9,13-15,24H,8H2,1-3H3,(H,20,21)(H,22,23). The van der Waals surface area contributed by atoms with Gasteiger partial charge >= 0.3 is 11.9 Å². The number of rotatable bonds is 5. The molecule has 0 saturated heterocycles. The lowest BCUT2D eigenvalue weighted by atomic mass is 9.62. The molecule has 1 saturated carbocycles. The van der Waals surface area contributed by atoms with Gasteiger partial charge in [0.2, 0.25) is 0 Å². The van der Waals surface area contributed by atoms with Crippen LogP contribution in [0.5, 0.6) is 5.75 Å². The van der Waals surface area contributed by atoms with Crippen LogP contribution in [0.25, 0.3) is 0 Å². The molecule has 0 bridgehead atoms. The van der Waals surface area contributed by atoms with Gasteiger partial charge in [-0.25, -0.2) is 0 Å². The number of hydrogen-bond donors (Lipinski definition) is 3. The van der Waals surface area contributed by atoms with Crippen molar-refractivity contribution in [1.29, 1.82) is 0 Å². The Hall–Kier alpha value is -2.41. The molecule has 4 unspecified atom stereocenters. The number of benzene rings is 1. The van der Waals surface area contributed by atoms with Crippen LogP contribution in [0.15, 0.2) is 24.3 Å². The van der Waals surface area contributed by atoms with Crippen LogP contribution in [-0.2, 0) is 14.4 Å². The van der Waals surface area contributed by atoms with Crippen molar-refractivity contribution in [2.75, 3.05) is 0 Å². The quantitative estimate of drug-likeness (QED) is 0.691. The Bertz CT molecular complexity index is 675. The van der Waals surface area contributed by atoms with Gasteiger partial charge in [-0.15, -0.1) is 0 Å². The summed E-state index contributed by atoms with van der Waals surface area (Å²) in [5, 5.41) is 29.5. The van der Waals surface area contributed by atoms with Gasteiger partial charge in [0.05, 0.1) is 17.6 Å². The zero-order chi connectivity index (χ0) is 18.9. The predicted molar refractivity (Wildman–Crippen MR) is 87.4 cm³/mol. The van der Waals surface area contributed by atoms with Crippen molar-refractivity contribution in [1.82, 2.24) is 0 Å². The van der Waals surface area contributed by atoms with Gasteiger partial charge < -0.3 is 20.1 Å². The molecule has 7 nitrogen and oxygen atoms in total. The second-order valence-corrected chi connectivity index (χ2v) is 6.89. The van der Waals surface area contributed by atoms with Gasteiger partial charge in [-0.05, 0) is 38.5 Å². The minimum Gasteiger partial charge on any atom is -0.491 e. The van der Waals surface area contributed by atoms with Crippen molar-refractivity contribution >= 4 is 17.7 Å². The molecule has 1 aliphatic rings. The minimum absolute atomic E-state index is 0.0543. The van der Waals surface area contributed by atoms with E-state index in [1.54, 1.807) is 24.3 Å². The molecule has 136 valence electrons. The number of hydrogen-bond acceptors (Lipinski definition) is 5. The lowest BCUT2D eigenvalue weighted by Crippen LogP contribution is -2.54. The molecule has 7 heteroatoms. The molecule has 0 amide bonds. The van der Waals surface area contributed by atoms with E-state index in [-0.39, 0.29) is 6.10 Å². The van der Waals surface area contributed by atoms with Gasteiger partial charge in [-0.1, -0.05) is 12.1 Å². The summed E-state index contributed by atoms with van der Waals surface area (Å²) in [6.45, 7) is 4.96. The maximum atomic E-state index is 12.3. The van der Waals surface area contributed by atoms with Gasteiger partial charge in [0, 0.05) is 12.3 Å². The number of carboxylic acids is 2. The zero-order valence-electron chi connectivity index (χ0n) is 14.3. The molecule has 3 N–H and O–H groups in total. The van der Waals surface area contributed by atoms with E-state index in [1.807, 2.05) is 13.8 Å². The first-order chi connectivity index (χ1) is 11.5. The van der Waals surface area contributed by atoms with Crippen LogP contribution in [0.2, 0.25) is 0 Å². The van der Waals surface area contributed by atoms with E-state index in [0.717, 1.165) is 0 Å². The molecular weight excluding hydrogens is 328 g/mol. The second kappa shape index (κ2) is 6.84. The van der Waals surface area contributed by atoms with E-state index in [4.69, 9.17) is 4.74 Å². The Morgan fingerprint density at radius 2 is 1.72 bits per heavy atom. The second-order valence-electron chi connectivity index (χ2n) is 6.89. The first kappa shape index (κ1) is 18.9. The predicted octanol–water partition coefficient (Wildman–Crippen LogP) is 1.68. The van der Waals surface area contributed by atoms with Crippen molar-refractivity contribution in [3.63, 3.8) is 0 Å². The summed E-state index contributed by atoms with van der Waals surface area (Å²) >= 11 is 0. The number of carbonyl (C=O) groups excluding carboxylic acids is 1. The summed E-state index contributed by atoms with van der Waals surface area (Å²) in [6.07, 6.45) is -0.562.